The zero-order chi connectivity index (χ0) is 22.5. The minimum Gasteiger partial charge on any atom is -0.353 e. The van der Waals surface area contributed by atoms with Gasteiger partial charge in [0.2, 0.25) is 11.8 Å². The molecule has 2 amide bonds. The lowest BCUT2D eigenvalue weighted by Gasteiger charge is -2.35. The van der Waals surface area contributed by atoms with Crippen molar-refractivity contribution < 1.29 is 9.59 Å². The predicted molar refractivity (Wildman–Crippen MR) is 124 cm³/mol. The molecule has 0 aliphatic carbocycles. The van der Waals surface area contributed by atoms with Gasteiger partial charge in [0.25, 0.3) is 0 Å². The number of nitrogens with zero attached hydrogens (tertiary/aromatic N) is 4. The van der Waals surface area contributed by atoms with Gasteiger partial charge in [-0.05, 0) is 44.0 Å². The molecule has 7 heteroatoms. The number of imidazole rings is 1. The first-order valence-corrected chi connectivity index (χ1v) is 11.2. The number of nitrogens with one attached hydrogen (secondary N) is 1. The summed E-state index contributed by atoms with van der Waals surface area (Å²) in [6, 6.07) is 15.8. The van der Waals surface area contributed by atoms with E-state index in [1.807, 2.05) is 53.9 Å². The first-order chi connectivity index (χ1) is 15.5. The largest absolute Gasteiger partial charge is 0.353 e. The van der Waals surface area contributed by atoms with Gasteiger partial charge in [0, 0.05) is 26.3 Å². The van der Waals surface area contributed by atoms with Gasteiger partial charge >= 0.3 is 0 Å². The number of benzene rings is 1. The average Bonchev–Trinajstić information content (AvgIpc) is 3.11. The number of aromatic nitrogens is 2. The number of hydrogen-bond acceptors (Lipinski definition) is 4. The molecule has 3 heterocycles. The Morgan fingerprint density at radius 1 is 1.19 bits per heavy atom. The molecule has 3 aromatic rings. The van der Waals surface area contributed by atoms with Crippen LogP contribution in [0.15, 0.2) is 54.7 Å². The lowest BCUT2D eigenvalue weighted by Crippen LogP contribution is -2.56. The van der Waals surface area contributed by atoms with Gasteiger partial charge in [-0.1, -0.05) is 36.4 Å². The molecule has 0 spiro atoms. The first kappa shape index (κ1) is 22.0. The molecule has 1 N–H and O–H groups in total. The molecule has 1 fully saturated rings. The maximum Gasteiger partial charge on any atom is 0.237 e. The number of piperazine rings is 1. The van der Waals surface area contributed by atoms with Gasteiger partial charge < -0.3 is 14.6 Å². The van der Waals surface area contributed by atoms with Crippen LogP contribution in [-0.2, 0) is 22.6 Å². The van der Waals surface area contributed by atoms with Crippen LogP contribution in [0.3, 0.4) is 0 Å². The van der Waals surface area contributed by atoms with Crippen LogP contribution in [0.1, 0.15) is 29.8 Å². The zero-order valence-corrected chi connectivity index (χ0v) is 18.8. The molecule has 32 heavy (non-hydrogen) atoms. The fraction of sp³-hybridized carbons (Fsp3) is 0.400. The van der Waals surface area contributed by atoms with Crippen LogP contribution in [0.5, 0.6) is 0 Å². The van der Waals surface area contributed by atoms with E-state index in [9.17, 15) is 9.59 Å². The van der Waals surface area contributed by atoms with Gasteiger partial charge in [-0.3, -0.25) is 14.5 Å². The third-order valence-electron chi connectivity index (χ3n) is 6.20. The Labute approximate surface area is 189 Å². The minimum absolute atomic E-state index is 0.0367. The van der Waals surface area contributed by atoms with Crippen molar-refractivity contribution in [1.29, 1.82) is 0 Å². The van der Waals surface area contributed by atoms with Crippen molar-refractivity contribution in [3.05, 3.63) is 71.7 Å². The van der Waals surface area contributed by atoms with Crippen LogP contribution in [0.4, 0.5) is 0 Å². The Hall–Kier alpha value is -3.19. The van der Waals surface area contributed by atoms with E-state index in [2.05, 4.69) is 27.3 Å². The van der Waals surface area contributed by atoms with E-state index in [1.54, 1.807) is 11.9 Å². The molecule has 0 radical (unpaired) electrons. The quantitative estimate of drug-likeness (QED) is 0.592. The highest BCUT2D eigenvalue weighted by Gasteiger charge is 2.32. The van der Waals surface area contributed by atoms with E-state index in [0.29, 0.717) is 13.1 Å². The van der Waals surface area contributed by atoms with Crippen LogP contribution in [0.2, 0.25) is 0 Å². The molecular weight excluding hydrogens is 402 g/mol. The summed E-state index contributed by atoms with van der Waals surface area (Å²) in [7, 11) is 1.80. The number of amides is 2. The Morgan fingerprint density at radius 3 is 2.78 bits per heavy atom. The molecule has 1 aromatic carbocycles. The van der Waals surface area contributed by atoms with Gasteiger partial charge in [0.05, 0.1) is 30.4 Å². The van der Waals surface area contributed by atoms with Gasteiger partial charge in [-0.15, -0.1) is 0 Å². The Bertz CT molecular complexity index is 1080. The van der Waals surface area contributed by atoms with E-state index in [-0.39, 0.29) is 18.2 Å². The van der Waals surface area contributed by atoms with Crippen molar-refractivity contribution in [1.82, 2.24) is 24.5 Å². The summed E-state index contributed by atoms with van der Waals surface area (Å²) in [5.41, 5.74) is 4.07. The first-order valence-electron chi connectivity index (χ1n) is 11.2. The van der Waals surface area contributed by atoms with Crippen molar-refractivity contribution in [2.75, 3.05) is 26.7 Å². The van der Waals surface area contributed by atoms with Crippen molar-refractivity contribution in [3.8, 4) is 0 Å². The molecule has 168 valence electrons. The summed E-state index contributed by atoms with van der Waals surface area (Å²) >= 11 is 0. The number of carbonyl (C=O) groups excluding carboxylic acids is 2. The molecule has 1 saturated heterocycles. The molecule has 1 unspecified atom stereocenters. The summed E-state index contributed by atoms with van der Waals surface area (Å²) in [4.78, 5) is 34.1. The van der Waals surface area contributed by atoms with E-state index in [0.717, 1.165) is 43.0 Å². The third kappa shape index (κ3) is 4.99. The van der Waals surface area contributed by atoms with Crippen molar-refractivity contribution in [2.45, 2.75) is 38.8 Å². The summed E-state index contributed by atoms with van der Waals surface area (Å²) in [5, 5.41) is 2.93. The van der Waals surface area contributed by atoms with E-state index in [1.165, 1.54) is 5.56 Å². The summed E-state index contributed by atoms with van der Waals surface area (Å²) in [6.45, 7) is 4.62. The van der Waals surface area contributed by atoms with E-state index < -0.39 is 6.04 Å². The molecule has 1 aliphatic heterocycles. The highest BCUT2D eigenvalue weighted by atomic mass is 16.2. The molecule has 1 atom stereocenters. The second-order valence-corrected chi connectivity index (χ2v) is 8.46. The Balaban J connectivity index is 1.37. The van der Waals surface area contributed by atoms with Crippen LogP contribution in [0.25, 0.3) is 5.65 Å². The molecule has 7 nitrogen and oxygen atoms in total. The van der Waals surface area contributed by atoms with Crippen LogP contribution >= 0.6 is 0 Å². The SMILES string of the molecule is Cc1nc2ccccn2c1CN(C)C(=O)CC1C(=O)NCCN1CCCc1ccccc1. The van der Waals surface area contributed by atoms with Crippen molar-refractivity contribution in [3.63, 3.8) is 0 Å². The smallest absolute Gasteiger partial charge is 0.237 e. The molecular formula is C25H31N5O2. The van der Waals surface area contributed by atoms with Crippen molar-refractivity contribution >= 4 is 17.5 Å². The average molecular weight is 434 g/mol. The molecule has 2 aromatic heterocycles. The normalized spacial score (nSPS) is 16.8. The lowest BCUT2D eigenvalue weighted by atomic mass is 10.1. The number of aryl methyl sites for hydroxylation is 2. The van der Waals surface area contributed by atoms with Gasteiger partial charge in [-0.2, -0.15) is 0 Å². The fourth-order valence-electron chi connectivity index (χ4n) is 4.37. The lowest BCUT2D eigenvalue weighted by molar-refractivity contribution is -0.138. The van der Waals surface area contributed by atoms with Crippen LogP contribution < -0.4 is 5.32 Å². The highest BCUT2D eigenvalue weighted by molar-refractivity contribution is 5.88. The Kier molecular flexibility index (Phi) is 6.85. The van der Waals surface area contributed by atoms with Gasteiger partial charge in [-0.25, -0.2) is 4.98 Å². The molecule has 1 aliphatic rings. The third-order valence-corrected chi connectivity index (χ3v) is 6.20. The van der Waals surface area contributed by atoms with Crippen LogP contribution in [-0.4, -0.2) is 63.7 Å². The number of fused-ring (bicyclic) bond motifs is 1. The maximum atomic E-state index is 13.1. The fourth-order valence-corrected chi connectivity index (χ4v) is 4.37. The zero-order valence-electron chi connectivity index (χ0n) is 18.8. The monoisotopic (exact) mass is 433 g/mol. The second-order valence-electron chi connectivity index (χ2n) is 8.46. The summed E-state index contributed by atoms with van der Waals surface area (Å²) in [5.74, 6) is -0.0888. The highest BCUT2D eigenvalue weighted by Crippen LogP contribution is 2.16. The maximum absolute atomic E-state index is 13.1. The van der Waals surface area contributed by atoms with Gasteiger partial charge in [0.1, 0.15) is 5.65 Å². The number of carbonyl (C=O) groups is 2. The number of hydrogen-bond donors (Lipinski definition) is 1. The topological polar surface area (TPSA) is 69.9 Å². The number of pyridine rings is 1. The van der Waals surface area contributed by atoms with Crippen LogP contribution in [0, 0.1) is 6.92 Å². The number of rotatable bonds is 8. The predicted octanol–water partition coefficient (Wildman–Crippen LogP) is 2.42. The minimum atomic E-state index is -0.419. The van der Waals surface area contributed by atoms with Gasteiger partial charge in [0.15, 0.2) is 0 Å². The molecule has 4 rings (SSSR count). The Morgan fingerprint density at radius 2 is 1.97 bits per heavy atom. The molecule has 0 bridgehead atoms. The van der Waals surface area contributed by atoms with E-state index >= 15 is 0 Å². The standard InChI is InChI=1S/C25H31N5O2/c1-19-22(30-15-7-6-12-23(30)27-19)18-28(2)24(31)17-21-25(32)26-13-16-29(21)14-8-11-20-9-4-3-5-10-20/h3-7,9-10,12,15,21H,8,11,13-14,16-18H2,1-2H3,(H,26,32). The second kappa shape index (κ2) is 9.96. The molecule has 0 saturated carbocycles. The summed E-state index contributed by atoms with van der Waals surface area (Å²) in [6.07, 6.45) is 4.07. The summed E-state index contributed by atoms with van der Waals surface area (Å²) < 4.78 is 2.02. The van der Waals surface area contributed by atoms with E-state index in [4.69, 9.17) is 0 Å². The van der Waals surface area contributed by atoms with Crippen molar-refractivity contribution in [2.24, 2.45) is 0 Å².